The highest BCUT2D eigenvalue weighted by Gasteiger charge is 2.43. The molecule has 1 aliphatic heterocycles. The average molecular weight is 389 g/mol. The standard InChI is InChI=1S/C20H19BF3NO3/c1-3-26-18-14(2)27-19(28-18)17(20(22,23)24)25-21(15-10-6-4-7-11-15)16-12-8-5-9-13-16/h4-13,25H,3H2,1-2H3/b19-17-. The first-order valence-corrected chi connectivity index (χ1v) is 8.77. The van der Waals surface area contributed by atoms with E-state index in [1.807, 2.05) is 0 Å². The molecule has 1 heterocycles. The highest BCUT2D eigenvalue weighted by atomic mass is 19.4. The second kappa shape index (κ2) is 8.33. The van der Waals surface area contributed by atoms with Crippen molar-refractivity contribution in [3.63, 3.8) is 0 Å². The summed E-state index contributed by atoms with van der Waals surface area (Å²) >= 11 is 0. The van der Waals surface area contributed by atoms with E-state index >= 15 is 0 Å². The Kier molecular flexibility index (Phi) is 5.87. The van der Waals surface area contributed by atoms with Crippen molar-refractivity contribution in [3.05, 3.63) is 84.0 Å². The topological polar surface area (TPSA) is 39.7 Å². The molecule has 0 saturated heterocycles. The van der Waals surface area contributed by atoms with Gasteiger partial charge in [-0.1, -0.05) is 71.6 Å². The van der Waals surface area contributed by atoms with Gasteiger partial charge in [-0.2, -0.15) is 13.2 Å². The van der Waals surface area contributed by atoms with E-state index in [0.717, 1.165) is 0 Å². The van der Waals surface area contributed by atoms with Crippen molar-refractivity contribution < 1.29 is 27.4 Å². The minimum absolute atomic E-state index is 0.0722. The summed E-state index contributed by atoms with van der Waals surface area (Å²) in [6, 6.07) is 17.7. The maximum Gasteiger partial charge on any atom is 0.436 e. The third-order valence-corrected chi connectivity index (χ3v) is 4.04. The van der Waals surface area contributed by atoms with Gasteiger partial charge in [-0.05, 0) is 6.92 Å². The number of alkyl halides is 3. The van der Waals surface area contributed by atoms with Crippen LogP contribution in [0.25, 0.3) is 0 Å². The minimum Gasteiger partial charge on any atom is -0.463 e. The first-order valence-electron chi connectivity index (χ1n) is 8.77. The Bertz CT molecular complexity index is 828. The molecule has 28 heavy (non-hydrogen) atoms. The lowest BCUT2D eigenvalue weighted by molar-refractivity contribution is -0.102. The summed E-state index contributed by atoms with van der Waals surface area (Å²) in [5.74, 6) is -0.612. The Morgan fingerprint density at radius 3 is 1.96 bits per heavy atom. The molecule has 8 heteroatoms. The maximum absolute atomic E-state index is 13.9. The number of halogens is 3. The van der Waals surface area contributed by atoms with Crippen molar-refractivity contribution in [3.8, 4) is 0 Å². The van der Waals surface area contributed by atoms with Gasteiger partial charge in [0.25, 0.3) is 0 Å². The molecule has 3 rings (SSSR count). The van der Waals surface area contributed by atoms with Crippen LogP contribution in [-0.2, 0) is 14.2 Å². The van der Waals surface area contributed by atoms with Crippen LogP contribution in [-0.4, -0.2) is 19.6 Å². The molecular formula is C20H19BF3NO3. The lowest BCUT2D eigenvalue weighted by Crippen LogP contribution is -2.55. The van der Waals surface area contributed by atoms with Gasteiger partial charge in [-0.15, -0.1) is 0 Å². The Balaban J connectivity index is 2.00. The van der Waals surface area contributed by atoms with Gasteiger partial charge < -0.3 is 19.4 Å². The van der Waals surface area contributed by atoms with Crippen molar-refractivity contribution in [2.75, 3.05) is 6.61 Å². The van der Waals surface area contributed by atoms with E-state index in [4.69, 9.17) is 14.2 Å². The van der Waals surface area contributed by atoms with Gasteiger partial charge in [0, 0.05) is 6.92 Å². The minimum atomic E-state index is -4.72. The highest BCUT2D eigenvalue weighted by molar-refractivity contribution is 6.83. The summed E-state index contributed by atoms with van der Waals surface area (Å²) in [7, 11) is 0. The molecule has 1 aliphatic rings. The molecule has 0 spiro atoms. The number of hydrogen-bond donors (Lipinski definition) is 1. The molecular weight excluding hydrogens is 370 g/mol. The molecule has 4 nitrogen and oxygen atoms in total. The number of nitrogens with one attached hydrogen (secondary N) is 1. The SMILES string of the molecule is CCOC1=C(C)O/C(=C(/NB(c2ccccc2)c2ccccc2)C(F)(F)F)O1. The second-order valence-corrected chi connectivity index (χ2v) is 6.04. The van der Waals surface area contributed by atoms with Crippen LogP contribution in [0.2, 0.25) is 0 Å². The van der Waals surface area contributed by atoms with Gasteiger partial charge in [-0.25, -0.2) is 0 Å². The normalized spacial score (nSPS) is 15.6. The monoisotopic (exact) mass is 389 g/mol. The number of rotatable bonds is 6. The first-order chi connectivity index (χ1) is 13.4. The van der Waals surface area contributed by atoms with E-state index in [9.17, 15) is 13.2 Å². The summed E-state index contributed by atoms with van der Waals surface area (Å²) in [4.78, 5) is 0. The van der Waals surface area contributed by atoms with E-state index in [-0.39, 0.29) is 18.3 Å². The molecule has 2 aromatic carbocycles. The van der Waals surface area contributed by atoms with Gasteiger partial charge in [-0.3, -0.25) is 0 Å². The number of ether oxygens (including phenoxy) is 3. The van der Waals surface area contributed by atoms with E-state index in [1.165, 1.54) is 6.92 Å². The molecule has 0 aliphatic carbocycles. The van der Waals surface area contributed by atoms with Crippen molar-refractivity contribution in [1.82, 2.24) is 5.23 Å². The Hall–Kier alpha value is -3.03. The molecule has 0 bridgehead atoms. The fourth-order valence-electron chi connectivity index (χ4n) is 2.77. The fraction of sp³-hybridized carbons (Fsp3) is 0.200. The van der Waals surface area contributed by atoms with E-state index in [2.05, 4.69) is 5.23 Å². The third-order valence-electron chi connectivity index (χ3n) is 4.04. The molecule has 0 unspecified atom stereocenters. The van der Waals surface area contributed by atoms with Crippen LogP contribution in [0.3, 0.4) is 0 Å². The molecule has 0 fully saturated rings. The van der Waals surface area contributed by atoms with E-state index in [0.29, 0.717) is 10.9 Å². The van der Waals surface area contributed by atoms with Gasteiger partial charge in [0.2, 0.25) is 0 Å². The largest absolute Gasteiger partial charge is 0.463 e. The van der Waals surface area contributed by atoms with Crippen molar-refractivity contribution in [1.29, 1.82) is 0 Å². The van der Waals surface area contributed by atoms with Gasteiger partial charge in [0.1, 0.15) is 0 Å². The smallest absolute Gasteiger partial charge is 0.436 e. The molecule has 0 saturated carbocycles. The predicted molar refractivity (Wildman–Crippen MR) is 101 cm³/mol. The van der Waals surface area contributed by atoms with Crippen LogP contribution in [0, 0.1) is 0 Å². The molecule has 0 aromatic heterocycles. The zero-order valence-electron chi connectivity index (χ0n) is 15.4. The summed E-state index contributed by atoms with van der Waals surface area (Å²) < 4.78 is 57.2. The van der Waals surface area contributed by atoms with Crippen molar-refractivity contribution in [2.45, 2.75) is 20.0 Å². The van der Waals surface area contributed by atoms with Gasteiger partial charge >= 0.3 is 24.9 Å². The molecule has 1 N–H and O–H groups in total. The van der Waals surface area contributed by atoms with E-state index in [1.54, 1.807) is 67.6 Å². The number of benzene rings is 2. The lowest BCUT2D eigenvalue weighted by Gasteiger charge is -2.21. The van der Waals surface area contributed by atoms with Crippen LogP contribution in [0.4, 0.5) is 13.2 Å². The predicted octanol–water partition coefficient (Wildman–Crippen LogP) is 3.39. The van der Waals surface area contributed by atoms with Gasteiger partial charge in [0.05, 0.1) is 6.61 Å². The number of allylic oxidation sites excluding steroid dienone is 2. The molecule has 0 atom stereocenters. The third kappa shape index (κ3) is 4.44. The summed E-state index contributed by atoms with van der Waals surface area (Å²) in [6.07, 6.45) is -4.72. The number of hydrogen-bond acceptors (Lipinski definition) is 4. The quantitative estimate of drug-likeness (QED) is 0.770. The van der Waals surface area contributed by atoms with Crippen molar-refractivity contribution >= 4 is 17.8 Å². The van der Waals surface area contributed by atoms with Crippen molar-refractivity contribution in [2.24, 2.45) is 0 Å². The van der Waals surface area contributed by atoms with E-state index < -0.39 is 24.7 Å². The molecule has 0 radical (unpaired) electrons. The van der Waals surface area contributed by atoms with Crippen LogP contribution < -0.4 is 16.2 Å². The fourth-order valence-corrected chi connectivity index (χ4v) is 2.77. The Morgan fingerprint density at radius 1 is 0.964 bits per heavy atom. The molecule has 2 aromatic rings. The van der Waals surface area contributed by atoms with Crippen LogP contribution >= 0.6 is 0 Å². The van der Waals surface area contributed by atoms with Crippen LogP contribution in [0.5, 0.6) is 0 Å². The second-order valence-electron chi connectivity index (χ2n) is 6.04. The molecule has 146 valence electrons. The van der Waals surface area contributed by atoms with Crippen LogP contribution in [0.15, 0.2) is 84.0 Å². The van der Waals surface area contributed by atoms with Gasteiger partial charge in [0.15, 0.2) is 11.5 Å². The zero-order valence-corrected chi connectivity index (χ0v) is 15.4. The molecule has 0 amide bonds. The highest BCUT2D eigenvalue weighted by Crippen LogP contribution is 2.34. The van der Waals surface area contributed by atoms with Crippen LogP contribution in [0.1, 0.15) is 13.8 Å². The maximum atomic E-state index is 13.9. The Morgan fingerprint density at radius 2 is 1.50 bits per heavy atom. The lowest BCUT2D eigenvalue weighted by atomic mass is 9.50. The summed E-state index contributed by atoms with van der Waals surface area (Å²) in [6.45, 7) is 2.68. The summed E-state index contributed by atoms with van der Waals surface area (Å²) in [5, 5.41) is 2.57. The first kappa shape index (κ1) is 19.7. The summed E-state index contributed by atoms with van der Waals surface area (Å²) in [5.41, 5.74) is 0.228. The average Bonchev–Trinajstić information content (AvgIpc) is 3.03. The Labute approximate surface area is 161 Å². The zero-order chi connectivity index (χ0) is 20.1.